The highest BCUT2D eigenvalue weighted by molar-refractivity contribution is 5.97. The Hall–Kier alpha value is -2.13. The molecule has 1 heterocycles. The van der Waals surface area contributed by atoms with Gasteiger partial charge in [0.25, 0.3) is 0 Å². The van der Waals surface area contributed by atoms with Gasteiger partial charge in [-0.3, -0.25) is 9.69 Å². The lowest BCUT2D eigenvalue weighted by molar-refractivity contribution is 0.0940. The van der Waals surface area contributed by atoms with Crippen molar-refractivity contribution < 1.29 is 9.90 Å². The summed E-state index contributed by atoms with van der Waals surface area (Å²) in [5.41, 5.74) is 2.14. The van der Waals surface area contributed by atoms with E-state index in [-0.39, 0.29) is 11.5 Å². The molecule has 0 radical (unpaired) electrons. The number of likely N-dealkylation sites (tertiary alicyclic amines) is 1. The SMILES string of the molecule is O=C(CN1C[C@H]2CC(Cc3ccccc3)C[C@@H]2C1)c1ccc(O)cc1. The third kappa shape index (κ3) is 3.77. The molecule has 1 aliphatic heterocycles. The molecule has 2 aromatic carbocycles. The van der Waals surface area contributed by atoms with Gasteiger partial charge in [0.05, 0.1) is 6.54 Å². The lowest BCUT2D eigenvalue weighted by Crippen LogP contribution is -2.29. The van der Waals surface area contributed by atoms with E-state index in [0.29, 0.717) is 12.1 Å². The molecule has 2 fully saturated rings. The van der Waals surface area contributed by atoms with Gasteiger partial charge >= 0.3 is 0 Å². The Morgan fingerprint density at radius 3 is 2.24 bits per heavy atom. The predicted octanol–water partition coefficient (Wildman–Crippen LogP) is 3.78. The number of Topliss-reactive ketones (excluding diaryl/α,β-unsaturated/α-hetero) is 1. The van der Waals surface area contributed by atoms with E-state index < -0.39 is 0 Å². The van der Waals surface area contributed by atoms with E-state index in [2.05, 4.69) is 35.2 Å². The van der Waals surface area contributed by atoms with Gasteiger partial charge in [-0.15, -0.1) is 0 Å². The highest BCUT2D eigenvalue weighted by atomic mass is 16.3. The maximum absolute atomic E-state index is 12.4. The third-order valence-corrected chi connectivity index (χ3v) is 5.85. The Labute approximate surface area is 149 Å². The van der Waals surface area contributed by atoms with E-state index in [0.717, 1.165) is 30.8 Å². The summed E-state index contributed by atoms with van der Waals surface area (Å²) >= 11 is 0. The van der Waals surface area contributed by atoms with Crippen LogP contribution in [0.3, 0.4) is 0 Å². The van der Waals surface area contributed by atoms with Crippen molar-refractivity contribution in [1.82, 2.24) is 4.90 Å². The number of carbonyl (C=O) groups excluding carboxylic acids is 1. The lowest BCUT2D eigenvalue weighted by Gasteiger charge is -2.18. The van der Waals surface area contributed by atoms with Gasteiger partial charge in [-0.2, -0.15) is 0 Å². The molecule has 4 rings (SSSR count). The summed E-state index contributed by atoms with van der Waals surface area (Å²) in [6, 6.07) is 17.4. The van der Waals surface area contributed by atoms with Crippen molar-refractivity contribution in [2.75, 3.05) is 19.6 Å². The second-order valence-electron chi connectivity index (χ2n) is 7.71. The number of carbonyl (C=O) groups is 1. The monoisotopic (exact) mass is 335 g/mol. The highest BCUT2D eigenvalue weighted by Gasteiger charge is 2.40. The lowest BCUT2D eigenvalue weighted by atomic mass is 9.96. The number of phenols is 1. The fraction of sp³-hybridized carbons (Fsp3) is 0.409. The van der Waals surface area contributed by atoms with E-state index in [1.54, 1.807) is 24.3 Å². The van der Waals surface area contributed by atoms with Crippen LogP contribution in [-0.2, 0) is 6.42 Å². The molecular formula is C22H25NO2. The minimum atomic E-state index is 0.154. The molecule has 25 heavy (non-hydrogen) atoms. The van der Waals surface area contributed by atoms with Gasteiger partial charge in [0, 0.05) is 18.7 Å². The number of nitrogens with zero attached hydrogens (tertiary/aromatic N) is 1. The first-order valence-corrected chi connectivity index (χ1v) is 9.26. The quantitative estimate of drug-likeness (QED) is 0.846. The number of hydrogen-bond donors (Lipinski definition) is 1. The standard InChI is InChI=1S/C22H25NO2/c24-21-8-6-18(7-9-21)22(25)15-23-13-19-11-17(12-20(19)14-23)10-16-4-2-1-3-5-16/h1-9,17,19-20,24H,10-15H2/t19-,20-/m1/s1. The minimum Gasteiger partial charge on any atom is -0.508 e. The molecule has 3 nitrogen and oxygen atoms in total. The van der Waals surface area contributed by atoms with Crippen LogP contribution in [0.2, 0.25) is 0 Å². The van der Waals surface area contributed by atoms with Crippen molar-refractivity contribution in [3.63, 3.8) is 0 Å². The van der Waals surface area contributed by atoms with Crippen LogP contribution in [0.15, 0.2) is 54.6 Å². The Bertz CT molecular complexity index is 711. The smallest absolute Gasteiger partial charge is 0.176 e. The average molecular weight is 335 g/mol. The molecule has 1 saturated carbocycles. The molecule has 0 unspecified atom stereocenters. The first-order chi connectivity index (χ1) is 12.2. The molecule has 2 aliphatic rings. The summed E-state index contributed by atoms with van der Waals surface area (Å²) in [5.74, 6) is 2.66. The summed E-state index contributed by atoms with van der Waals surface area (Å²) in [6.07, 6.45) is 3.78. The van der Waals surface area contributed by atoms with Crippen LogP contribution >= 0.6 is 0 Å². The van der Waals surface area contributed by atoms with Crippen molar-refractivity contribution in [1.29, 1.82) is 0 Å². The molecule has 0 amide bonds. The van der Waals surface area contributed by atoms with E-state index in [9.17, 15) is 9.90 Å². The first-order valence-electron chi connectivity index (χ1n) is 9.26. The van der Waals surface area contributed by atoms with Crippen LogP contribution in [0.4, 0.5) is 0 Å². The van der Waals surface area contributed by atoms with Crippen LogP contribution in [0.1, 0.15) is 28.8 Å². The second kappa shape index (κ2) is 7.01. The van der Waals surface area contributed by atoms with Crippen molar-refractivity contribution in [2.45, 2.75) is 19.3 Å². The van der Waals surface area contributed by atoms with E-state index in [4.69, 9.17) is 0 Å². The van der Waals surface area contributed by atoms with Gasteiger partial charge < -0.3 is 5.11 Å². The summed E-state index contributed by atoms with van der Waals surface area (Å²) in [6.45, 7) is 2.61. The molecule has 1 aliphatic carbocycles. The van der Waals surface area contributed by atoms with Crippen molar-refractivity contribution in [3.05, 3.63) is 65.7 Å². The Kier molecular flexibility index (Phi) is 4.58. The number of hydrogen-bond acceptors (Lipinski definition) is 3. The number of rotatable bonds is 5. The zero-order valence-corrected chi connectivity index (χ0v) is 14.5. The number of phenolic OH excluding ortho intramolecular Hbond substituents is 1. The van der Waals surface area contributed by atoms with E-state index in [1.165, 1.54) is 24.8 Å². The fourth-order valence-electron chi connectivity index (χ4n) is 4.71. The number of benzene rings is 2. The molecule has 2 aromatic rings. The molecule has 2 atom stereocenters. The highest BCUT2D eigenvalue weighted by Crippen LogP contribution is 2.42. The number of ketones is 1. The fourth-order valence-corrected chi connectivity index (χ4v) is 4.71. The second-order valence-corrected chi connectivity index (χ2v) is 7.71. The molecule has 1 N–H and O–H groups in total. The molecule has 3 heteroatoms. The third-order valence-electron chi connectivity index (χ3n) is 5.85. The minimum absolute atomic E-state index is 0.154. The van der Waals surface area contributed by atoms with E-state index >= 15 is 0 Å². The van der Waals surface area contributed by atoms with Crippen LogP contribution in [0.5, 0.6) is 5.75 Å². The first kappa shape index (κ1) is 16.3. The topological polar surface area (TPSA) is 40.5 Å². The Morgan fingerprint density at radius 1 is 0.960 bits per heavy atom. The molecule has 0 bridgehead atoms. The zero-order chi connectivity index (χ0) is 17.2. The van der Waals surface area contributed by atoms with Gasteiger partial charge in [-0.25, -0.2) is 0 Å². The van der Waals surface area contributed by atoms with Crippen LogP contribution in [0.25, 0.3) is 0 Å². The normalized spacial score (nSPS) is 23.7. The predicted molar refractivity (Wildman–Crippen MR) is 98.7 cm³/mol. The number of fused-ring (bicyclic) bond motifs is 1. The molecular weight excluding hydrogens is 310 g/mol. The van der Waals surface area contributed by atoms with Gasteiger partial charge in [0.15, 0.2) is 5.78 Å². The van der Waals surface area contributed by atoms with Crippen molar-refractivity contribution in [2.24, 2.45) is 17.8 Å². The maximum Gasteiger partial charge on any atom is 0.176 e. The summed E-state index contributed by atoms with van der Waals surface area (Å²) in [7, 11) is 0. The van der Waals surface area contributed by atoms with Gasteiger partial charge in [0.1, 0.15) is 5.75 Å². The maximum atomic E-state index is 12.4. The zero-order valence-electron chi connectivity index (χ0n) is 14.5. The Balaban J connectivity index is 1.29. The van der Waals surface area contributed by atoms with Gasteiger partial charge in [-0.05, 0) is 66.8 Å². The van der Waals surface area contributed by atoms with Gasteiger partial charge in [0.2, 0.25) is 0 Å². The largest absolute Gasteiger partial charge is 0.508 e. The molecule has 0 aromatic heterocycles. The molecule has 130 valence electrons. The summed E-state index contributed by atoms with van der Waals surface area (Å²) in [5, 5.41) is 9.34. The van der Waals surface area contributed by atoms with Gasteiger partial charge in [-0.1, -0.05) is 30.3 Å². The molecule has 1 saturated heterocycles. The van der Waals surface area contributed by atoms with Crippen molar-refractivity contribution in [3.8, 4) is 5.75 Å². The number of aromatic hydroxyl groups is 1. The van der Waals surface area contributed by atoms with Crippen LogP contribution < -0.4 is 0 Å². The van der Waals surface area contributed by atoms with Crippen molar-refractivity contribution >= 4 is 5.78 Å². The van der Waals surface area contributed by atoms with Crippen LogP contribution in [0, 0.1) is 17.8 Å². The molecule has 0 spiro atoms. The summed E-state index contributed by atoms with van der Waals surface area (Å²) in [4.78, 5) is 14.7. The Morgan fingerprint density at radius 2 is 1.60 bits per heavy atom. The summed E-state index contributed by atoms with van der Waals surface area (Å²) < 4.78 is 0. The van der Waals surface area contributed by atoms with Crippen LogP contribution in [-0.4, -0.2) is 35.4 Å². The van der Waals surface area contributed by atoms with E-state index in [1.807, 2.05) is 0 Å². The average Bonchev–Trinajstić information content (AvgIpc) is 3.14.